The fourth-order valence-electron chi connectivity index (χ4n) is 3.81. The minimum Gasteiger partial charge on any atom is -0.341 e. The molecule has 2 aliphatic heterocycles. The van der Waals surface area contributed by atoms with Gasteiger partial charge in [0.25, 0.3) is 0 Å². The van der Waals surface area contributed by atoms with Gasteiger partial charge < -0.3 is 20.0 Å². The first-order valence-corrected chi connectivity index (χ1v) is 9.68. The van der Waals surface area contributed by atoms with E-state index in [0.29, 0.717) is 19.6 Å². The van der Waals surface area contributed by atoms with Crippen LogP contribution in [0.25, 0.3) is 0 Å². The van der Waals surface area contributed by atoms with E-state index in [1.807, 2.05) is 47.2 Å². The number of hydrogen-bond donors (Lipinski definition) is 1. The van der Waals surface area contributed by atoms with Crippen LogP contribution in [0.2, 0.25) is 0 Å². The van der Waals surface area contributed by atoms with Gasteiger partial charge in [0.1, 0.15) is 0 Å². The van der Waals surface area contributed by atoms with Crippen LogP contribution in [-0.2, 0) is 11.3 Å². The molecule has 6 heteroatoms. The summed E-state index contributed by atoms with van der Waals surface area (Å²) in [5, 5.41) is 3.34. The molecule has 0 atom stereocenters. The summed E-state index contributed by atoms with van der Waals surface area (Å²) in [6, 6.07) is 10.1. The summed E-state index contributed by atoms with van der Waals surface area (Å²) in [4.78, 5) is 31.1. The predicted molar refractivity (Wildman–Crippen MR) is 102 cm³/mol. The molecule has 0 radical (unpaired) electrons. The first-order chi connectivity index (χ1) is 12.6. The van der Waals surface area contributed by atoms with Crippen molar-refractivity contribution in [2.75, 3.05) is 46.3 Å². The second-order valence-electron chi connectivity index (χ2n) is 7.31. The molecule has 0 spiro atoms. The van der Waals surface area contributed by atoms with Gasteiger partial charge in [-0.3, -0.25) is 4.79 Å². The van der Waals surface area contributed by atoms with E-state index in [0.717, 1.165) is 51.0 Å². The second-order valence-corrected chi connectivity index (χ2v) is 7.31. The summed E-state index contributed by atoms with van der Waals surface area (Å²) < 4.78 is 0. The van der Waals surface area contributed by atoms with E-state index in [1.54, 1.807) is 4.90 Å². The monoisotopic (exact) mass is 358 g/mol. The molecule has 142 valence electrons. The molecule has 3 amide bonds. The van der Waals surface area contributed by atoms with E-state index in [4.69, 9.17) is 0 Å². The predicted octanol–water partition coefficient (Wildman–Crippen LogP) is 1.77. The maximum atomic E-state index is 12.7. The Kier molecular flexibility index (Phi) is 6.50. The SMILES string of the molecule is CN(Cc1ccccc1)C(=O)N1CCC(C(=O)N2CCCNCC2)CC1. The highest BCUT2D eigenvalue weighted by Crippen LogP contribution is 2.21. The number of nitrogens with one attached hydrogen (secondary N) is 1. The van der Waals surface area contributed by atoms with Crippen molar-refractivity contribution in [3.8, 4) is 0 Å². The van der Waals surface area contributed by atoms with Crippen LogP contribution in [0.4, 0.5) is 4.79 Å². The zero-order valence-corrected chi connectivity index (χ0v) is 15.7. The largest absolute Gasteiger partial charge is 0.341 e. The van der Waals surface area contributed by atoms with Gasteiger partial charge in [0.05, 0.1) is 0 Å². The van der Waals surface area contributed by atoms with E-state index in [-0.39, 0.29) is 17.9 Å². The van der Waals surface area contributed by atoms with Crippen molar-refractivity contribution >= 4 is 11.9 Å². The number of hydrogen-bond acceptors (Lipinski definition) is 3. The summed E-state index contributed by atoms with van der Waals surface area (Å²) in [6.07, 6.45) is 2.56. The molecule has 1 N–H and O–H groups in total. The molecule has 0 saturated carbocycles. The average Bonchev–Trinajstić information content (AvgIpc) is 2.97. The van der Waals surface area contributed by atoms with Gasteiger partial charge in [0.2, 0.25) is 5.91 Å². The van der Waals surface area contributed by atoms with E-state index in [9.17, 15) is 9.59 Å². The molecule has 0 bridgehead atoms. The van der Waals surface area contributed by atoms with Gasteiger partial charge in [0.15, 0.2) is 0 Å². The van der Waals surface area contributed by atoms with Crippen molar-refractivity contribution in [3.05, 3.63) is 35.9 Å². The summed E-state index contributed by atoms with van der Waals surface area (Å²) in [7, 11) is 1.84. The summed E-state index contributed by atoms with van der Waals surface area (Å²) >= 11 is 0. The number of carbonyl (C=O) groups is 2. The van der Waals surface area contributed by atoms with Crippen molar-refractivity contribution in [1.29, 1.82) is 0 Å². The molecule has 2 fully saturated rings. The quantitative estimate of drug-likeness (QED) is 0.896. The minimum absolute atomic E-state index is 0.0544. The third-order valence-corrected chi connectivity index (χ3v) is 5.36. The number of nitrogens with zero attached hydrogens (tertiary/aromatic N) is 3. The molecule has 0 unspecified atom stereocenters. The zero-order chi connectivity index (χ0) is 18.4. The number of carbonyl (C=O) groups excluding carboxylic acids is 2. The molecule has 0 aromatic heterocycles. The number of urea groups is 1. The van der Waals surface area contributed by atoms with E-state index in [2.05, 4.69) is 5.32 Å². The van der Waals surface area contributed by atoms with Crippen LogP contribution in [0.15, 0.2) is 30.3 Å². The van der Waals surface area contributed by atoms with Gasteiger partial charge in [-0.05, 0) is 31.4 Å². The maximum Gasteiger partial charge on any atom is 0.320 e. The molecule has 3 rings (SSSR count). The van der Waals surface area contributed by atoms with Crippen LogP contribution in [-0.4, -0.2) is 73.0 Å². The second kappa shape index (κ2) is 9.03. The van der Waals surface area contributed by atoms with Crippen LogP contribution >= 0.6 is 0 Å². The first-order valence-electron chi connectivity index (χ1n) is 9.68. The normalized spacial score (nSPS) is 19.1. The lowest BCUT2D eigenvalue weighted by atomic mass is 9.95. The molecule has 2 saturated heterocycles. The Bertz CT molecular complexity index is 591. The fraction of sp³-hybridized carbons (Fsp3) is 0.600. The van der Waals surface area contributed by atoms with Crippen molar-refractivity contribution in [3.63, 3.8) is 0 Å². The number of benzene rings is 1. The Hall–Kier alpha value is -2.08. The van der Waals surface area contributed by atoms with Crippen LogP contribution in [0.5, 0.6) is 0 Å². The van der Waals surface area contributed by atoms with Gasteiger partial charge in [-0.1, -0.05) is 30.3 Å². The lowest BCUT2D eigenvalue weighted by Gasteiger charge is -2.35. The van der Waals surface area contributed by atoms with Crippen molar-refractivity contribution in [1.82, 2.24) is 20.0 Å². The molecular weight excluding hydrogens is 328 g/mol. The molecule has 2 aliphatic rings. The van der Waals surface area contributed by atoms with E-state index in [1.165, 1.54) is 0 Å². The number of amides is 3. The lowest BCUT2D eigenvalue weighted by molar-refractivity contribution is -0.136. The smallest absolute Gasteiger partial charge is 0.320 e. The number of likely N-dealkylation sites (tertiary alicyclic amines) is 1. The standard InChI is InChI=1S/C20H30N4O2/c1-22(16-17-6-3-2-4-7-17)20(26)24-13-8-18(9-14-24)19(25)23-12-5-10-21-11-15-23/h2-4,6-7,18,21H,5,8-16H2,1H3. The molecular formula is C20H30N4O2. The van der Waals surface area contributed by atoms with E-state index >= 15 is 0 Å². The Morgan fingerprint density at radius 3 is 2.50 bits per heavy atom. The lowest BCUT2D eigenvalue weighted by Crippen LogP contribution is -2.48. The zero-order valence-electron chi connectivity index (χ0n) is 15.7. The Morgan fingerprint density at radius 1 is 1.04 bits per heavy atom. The Morgan fingerprint density at radius 2 is 1.77 bits per heavy atom. The third-order valence-electron chi connectivity index (χ3n) is 5.36. The van der Waals surface area contributed by atoms with Crippen LogP contribution in [0.3, 0.4) is 0 Å². The molecule has 26 heavy (non-hydrogen) atoms. The average molecular weight is 358 g/mol. The maximum absolute atomic E-state index is 12.7. The van der Waals surface area contributed by atoms with Crippen molar-refractivity contribution in [2.24, 2.45) is 5.92 Å². The van der Waals surface area contributed by atoms with Gasteiger partial charge in [-0.25, -0.2) is 4.79 Å². The number of rotatable bonds is 3. The third kappa shape index (κ3) is 4.75. The minimum atomic E-state index is 0.0544. The summed E-state index contributed by atoms with van der Waals surface area (Å²) in [5.41, 5.74) is 1.13. The summed E-state index contributed by atoms with van der Waals surface area (Å²) in [6.45, 7) is 5.47. The first kappa shape index (κ1) is 18.7. The van der Waals surface area contributed by atoms with Gasteiger partial charge in [0, 0.05) is 52.2 Å². The highest BCUT2D eigenvalue weighted by Gasteiger charge is 2.31. The van der Waals surface area contributed by atoms with Crippen LogP contribution in [0, 0.1) is 5.92 Å². The van der Waals surface area contributed by atoms with Gasteiger partial charge in [-0.15, -0.1) is 0 Å². The summed E-state index contributed by atoms with van der Waals surface area (Å²) in [5.74, 6) is 0.343. The molecule has 6 nitrogen and oxygen atoms in total. The van der Waals surface area contributed by atoms with Gasteiger partial charge in [-0.2, -0.15) is 0 Å². The van der Waals surface area contributed by atoms with Crippen LogP contribution in [0.1, 0.15) is 24.8 Å². The van der Waals surface area contributed by atoms with Crippen LogP contribution < -0.4 is 5.32 Å². The Balaban J connectivity index is 1.48. The van der Waals surface area contributed by atoms with Crippen molar-refractivity contribution < 1.29 is 9.59 Å². The molecule has 0 aliphatic carbocycles. The molecule has 1 aromatic rings. The fourth-order valence-corrected chi connectivity index (χ4v) is 3.81. The molecule has 1 aromatic carbocycles. The topological polar surface area (TPSA) is 55.9 Å². The molecule has 2 heterocycles. The number of piperidine rings is 1. The van der Waals surface area contributed by atoms with E-state index < -0.39 is 0 Å². The highest BCUT2D eigenvalue weighted by molar-refractivity contribution is 5.80. The highest BCUT2D eigenvalue weighted by atomic mass is 16.2. The Labute approximate surface area is 156 Å². The van der Waals surface area contributed by atoms with Crippen molar-refractivity contribution in [2.45, 2.75) is 25.8 Å². The van der Waals surface area contributed by atoms with Gasteiger partial charge >= 0.3 is 6.03 Å².